The lowest BCUT2D eigenvalue weighted by atomic mass is 10.3. The Kier molecular flexibility index (Phi) is 1.68. The maximum atomic E-state index is 10.6. The van der Waals surface area contributed by atoms with Crippen molar-refractivity contribution >= 4 is 23.6 Å². The van der Waals surface area contributed by atoms with Crippen molar-refractivity contribution in [3.05, 3.63) is 0 Å². The molecule has 0 spiro atoms. The van der Waals surface area contributed by atoms with Crippen molar-refractivity contribution in [2.45, 2.75) is 12.5 Å². The minimum atomic E-state index is -0.0972. The van der Waals surface area contributed by atoms with E-state index in [1.165, 1.54) is 11.8 Å². The van der Waals surface area contributed by atoms with Crippen LogP contribution in [0.15, 0.2) is 4.99 Å². The molecular weight excluding hydrogens is 122 g/mol. The van der Waals surface area contributed by atoms with E-state index in [0.717, 1.165) is 12.2 Å². The highest BCUT2D eigenvalue weighted by atomic mass is 32.2. The highest BCUT2D eigenvalue weighted by Crippen LogP contribution is 2.21. The molecule has 44 valence electrons. The molecule has 1 aliphatic rings. The maximum absolute atomic E-state index is 10.6. The first-order valence-corrected chi connectivity index (χ1v) is 3.45. The molecule has 1 heterocycles. The van der Waals surface area contributed by atoms with Gasteiger partial charge < -0.3 is 0 Å². The number of rotatable bonds is 1. The highest BCUT2D eigenvalue weighted by Gasteiger charge is 2.22. The molecule has 0 radical (unpaired) electrons. The molecule has 1 unspecified atom stereocenters. The fourth-order valence-electron chi connectivity index (χ4n) is 0.651. The van der Waals surface area contributed by atoms with Crippen molar-refractivity contribution in [1.29, 1.82) is 0 Å². The minimum absolute atomic E-state index is 0.0972. The summed E-state index contributed by atoms with van der Waals surface area (Å²) in [7, 11) is 0. The molecule has 1 fully saturated rings. The van der Waals surface area contributed by atoms with Gasteiger partial charge in [-0.3, -0.25) is 9.79 Å². The Hall–Kier alpha value is -0.310. The second kappa shape index (κ2) is 2.31. The first-order valence-electron chi connectivity index (χ1n) is 2.47. The second-order valence-electron chi connectivity index (χ2n) is 1.65. The molecule has 0 N–H and O–H groups in total. The van der Waals surface area contributed by atoms with Gasteiger partial charge in [0.15, 0.2) is 0 Å². The third-order valence-corrected chi connectivity index (χ3v) is 2.12. The SMILES string of the molecule is C=NC1CCSC1=O. The summed E-state index contributed by atoms with van der Waals surface area (Å²) < 4.78 is 0. The minimum Gasteiger partial charge on any atom is -0.289 e. The number of hydrogen-bond acceptors (Lipinski definition) is 3. The van der Waals surface area contributed by atoms with Gasteiger partial charge in [0, 0.05) is 5.75 Å². The summed E-state index contributed by atoms with van der Waals surface area (Å²) >= 11 is 1.36. The number of carbonyl (C=O) groups is 1. The monoisotopic (exact) mass is 129 g/mol. The molecule has 0 aromatic carbocycles. The first kappa shape index (κ1) is 5.82. The zero-order valence-electron chi connectivity index (χ0n) is 4.46. The van der Waals surface area contributed by atoms with E-state index in [9.17, 15) is 4.79 Å². The van der Waals surface area contributed by atoms with Crippen molar-refractivity contribution in [3.63, 3.8) is 0 Å². The lowest BCUT2D eigenvalue weighted by molar-refractivity contribution is -0.111. The van der Waals surface area contributed by atoms with E-state index in [2.05, 4.69) is 11.7 Å². The van der Waals surface area contributed by atoms with E-state index in [4.69, 9.17) is 0 Å². The van der Waals surface area contributed by atoms with Crippen LogP contribution in [0.25, 0.3) is 0 Å². The standard InChI is InChI=1S/C5H7NOS/c1-6-4-2-3-8-5(4)7/h4H,1-3H2. The number of aliphatic imine (C=N–C) groups is 1. The van der Waals surface area contributed by atoms with Gasteiger partial charge in [0.25, 0.3) is 0 Å². The van der Waals surface area contributed by atoms with Crippen LogP contribution in [-0.4, -0.2) is 23.6 Å². The normalized spacial score (nSPS) is 28.5. The van der Waals surface area contributed by atoms with Crippen molar-refractivity contribution in [2.75, 3.05) is 5.75 Å². The van der Waals surface area contributed by atoms with Crippen LogP contribution in [0.2, 0.25) is 0 Å². The molecule has 3 heteroatoms. The summed E-state index contributed by atoms with van der Waals surface area (Å²) in [5, 5.41) is 0.181. The Balaban J connectivity index is 2.54. The summed E-state index contributed by atoms with van der Waals surface area (Å²) in [6, 6.07) is -0.0972. The average molecular weight is 129 g/mol. The second-order valence-corrected chi connectivity index (χ2v) is 2.75. The Bertz CT molecular complexity index is 124. The van der Waals surface area contributed by atoms with Crippen molar-refractivity contribution in [2.24, 2.45) is 4.99 Å². The van der Waals surface area contributed by atoms with E-state index < -0.39 is 0 Å². The molecule has 0 aliphatic carbocycles. The van der Waals surface area contributed by atoms with Crippen LogP contribution in [0.3, 0.4) is 0 Å². The average Bonchev–Trinajstić information content (AvgIpc) is 2.14. The lowest BCUT2D eigenvalue weighted by Gasteiger charge is -1.92. The Labute approximate surface area is 52.4 Å². The van der Waals surface area contributed by atoms with Crippen molar-refractivity contribution in [3.8, 4) is 0 Å². The number of carbonyl (C=O) groups excluding carboxylic acids is 1. The number of hydrogen-bond donors (Lipinski definition) is 0. The summed E-state index contributed by atoms with van der Waals surface area (Å²) in [5.41, 5.74) is 0. The summed E-state index contributed by atoms with van der Waals surface area (Å²) in [6.45, 7) is 3.31. The molecule has 1 rings (SSSR count). The van der Waals surface area contributed by atoms with Gasteiger partial charge in [-0.15, -0.1) is 0 Å². The van der Waals surface area contributed by atoms with E-state index in [0.29, 0.717) is 0 Å². The third-order valence-electron chi connectivity index (χ3n) is 1.13. The zero-order valence-corrected chi connectivity index (χ0v) is 5.28. The van der Waals surface area contributed by atoms with Crippen LogP contribution in [0.1, 0.15) is 6.42 Å². The van der Waals surface area contributed by atoms with Crippen LogP contribution in [0.5, 0.6) is 0 Å². The van der Waals surface area contributed by atoms with Crippen LogP contribution in [0.4, 0.5) is 0 Å². The summed E-state index contributed by atoms with van der Waals surface area (Å²) in [6.07, 6.45) is 0.882. The predicted octanol–water partition coefficient (Wildman–Crippen LogP) is 0.719. The van der Waals surface area contributed by atoms with Crippen LogP contribution < -0.4 is 0 Å². The van der Waals surface area contributed by atoms with Crippen molar-refractivity contribution < 1.29 is 4.79 Å². The van der Waals surface area contributed by atoms with Gasteiger partial charge >= 0.3 is 0 Å². The zero-order chi connectivity index (χ0) is 5.98. The highest BCUT2D eigenvalue weighted by molar-refractivity contribution is 8.14. The van der Waals surface area contributed by atoms with Crippen LogP contribution in [0, 0.1) is 0 Å². The molecule has 0 saturated carbocycles. The summed E-state index contributed by atoms with van der Waals surface area (Å²) in [4.78, 5) is 14.3. The van der Waals surface area contributed by atoms with Crippen LogP contribution >= 0.6 is 11.8 Å². The topological polar surface area (TPSA) is 29.4 Å². The van der Waals surface area contributed by atoms with Gasteiger partial charge in [0.2, 0.25) is 5.12 Å². The van der Waals surface area contributed by atoms with Gasteiger partial charge in [0.05, 0.1) is 0 Å². The van der Waals surface area contributed by atoms with Crippen molar-refractivity contribution in [1.82, 2.24) is 0 Å². The molecular formula is C5H7NOS. The van der Waals surface area contributed by atoms with Gasteiger partial charge in [-0.05, 0) is 13.1 Å². The van der Waals surface area contributed by atoms with Crippen LogP contribution in [-0.2, 0) is 4.79 Å². The molecule has 0 bridgehead atoms. The predicted molar refractivity (Wildman–Crippen MR) is 35.4 cm³/mol. The molecule has 8 heavy (non-hydrogen) atoms. The number of thioether (sulfide) groups is 1. The summed E-state index contributed by atoms with van der Waals surface area (Å²) in [5.74, 6) is 0.919. The molecule has 1 atom stereocenters. The van der Waals surface area contributed by atoms with E-state index in [1.54, 1.807) is 0 Å². The molecule has 0 amide bonds. The molecule has 2 nitrogen and oxygen atoms in total. The van der Waals surface area contributed by atoms with Gasteiger partial charge in [-0.25, -0.2) is 0 Å². The van der Waals surface area contributed by atoms with Gasteiger partial charge in [-0.2, -0.15) is 0 Å². The Morgan fingerprint density at radius 3 is 2.88 bits per heavy atom. The molecule has 0 aromatic rings. The molecule has 1 aliphatic heterocycles. The lowest BCUT2D eigenvalue weighted by Crippen LogP contribution is -2.06. The molecule has 0 aromatic heterocycles. The largest absolute Gasteiger partial charge is 0.289 e. The van der Waals surface area contributed by atoms with E-state index >= 15 is 0 Å². The number of nitrogens with zero attached hydrogens (tertiary/aromatic N) is 1. The fourth-order valence-corrected chi connectivity index (χ4v) is 1.58. The quantitative estimate of drug-likeness (QED) is 0.488. The fraction of sp³-hybridized carbons (Fsp3) is 0.600. The van der Waals surface area contributed by atoms with E-state index in [-0.39, 0.29) is 11.2 Å². The maximum Gasteiger partial charge on any atom is 0.213 e. The Morgan fingerprint density at radius 2 is 2.62 bits per heavy atom. The van der Waals surface area contributed by atoms with E-state index in [1.807, 2.05) is 0 Å². The third kappa shape index (κ3) is 0.916. The smallest absolute Gasteiger partial charge is 0.213 e. The van der Waals surface area contributed by atoms with Gasteiger partial charge in [-0.1, -0.05) is 11.8 Å². The Morgan fingerprint density at radius 1 is 1.88 bits per heavy atom. The van der Waals surface area contributed by atoms with Gasteiger partial charge in [0.1, 0.15) is 6.04 Å². The first-order chi connectivity index (χ1) is 3.84. The molecule has 1 saturated heterocycles.